The maximum absolute atomic E-state index is 13.3. The number of nitrogens with one attached hydrogen (secondary N) is 1. The van der Waals surface area contributed by atoms with Gasteiger partial charge in [0.15, 0.2) is 5.65 Å². The van der Waals surface area contributed by atoms with Crippen molar-refractivity contribution in [1.82, 2.24) is 23.2 Å². The Morgan fingerprint density at radius 1 is 1.06 bits per heavy atom. The number of ether oxygens (including phenoxy) is 1. The molecule has 0 saturated heterocycles. The van der Waals surface area contributed by atoms with Crippen LogP contribution in [0.25, 0.3) is 22.1 Å². The summed E-state index contributed by atoms with van der Waals surface area (Å²) in [5, 5.41) is 0.696. The smallest absolute Gasteiger partial charge is 0.269 e. The van der Waals surface area contributed by atoms with Crippen LogP contribution in [0, 0.1) is 5.92 Å². The number of aromatic nitrogens is 4. The fourth-order valence-corrected chi connectivity index (χ4v) is 7.63. The monoisotopic (exact) mass is 531 g/mol. The molecule has 1 aliphatic rings. The van der Waals surface area contributed by atoms with Crippen LogP contribution in [0.1, 0.15) is 37.5 Å². The summed E-state index contributed by atoms with van der Waals surface area (Å²) in [5.41, 5.74) is 1.83. The Hall–Kier alpha value is -2.80. The van der Waals surface area contributed by atoms with Crippen LogP contribution in [0.15, 0.2) is 53.7 Å². The molecule has 0 unspecified atom stereocenters. The summed E-state index contributed by atoms with van der Waals surface area (Å²) in [4.78, 5) is 9.42. The second kappa shape index (κ2) is 9.58. The van der Waals surface area contributed by atoms with Crippen LogP contribution in [0.4, 0.5) is 0 Å². The summed E-state index contributed by atoms with van der Waals surface area (Å²) in [5.74, 6) is 0.963. The van der Waals surface area contributed by atoms with Crippen LogP contribution in [-0.2, 0) is 31.4 Å². The summed E-state index contributed by atoms with van der Waals surface area (Å²) in [6.07, 6.45) is 6.27. The number of benzene rings is 1. The van der Waals surface area contributed by atoms with Crippen LogP contribution in [-0.4, -0.2) is 55.3 Å². The second-order valence-electron chi connectivity index (χ2n) is 9.15. The molecular weight excluding hydrogens is 502 g/mol. The van der Waals surface area contributed by atoms with E-state index in [-0.39, 0.29) is 22.6 Å². The zero-order chi connectivity index (χ0) is 25.5. The number of pyridine rings is 1. The van der Waals surface area contributed by atoms with Gasteiger partial charge in [0, 0.05) is 24.7 Å². The van der Waals surface area contributed by atoms with Crippen molar-refractivity contribution in [3.63, 3.8) is 0 Å². The molecule has 3 aromatic heterocycles. The lowest BCUT2D eigenvalue weighted by molar-refractivity contribution is 0.169. The summed E-state index contributed by atoms with van der Waals surface area (Å²) in [7, 11) is -4.03. The first-order valence-electron chi connectivity index (χ1n) is 11.8. The number of hydrogen-bond acceptors (Lipinski definition) is 7. The highest BCUT2D eigenvalue weighted by Gasteiger charge is 2.30. The van der Waals surface area contributed by atoms with Gasteiger partial charge in [-0.1, -0.05) is 18.2 Å². The van der Waals surface area contributed by atoms with Crippen molar-refractivity contribution >= 4 is 42.1 Å². The SMILES string of the molecule is CNS(=O)(=O)C[C@H]1CC[C@H](n2c(COC)nc3cnc4c(ccn4S(=O)(=O)c4ccccc4)c32)CC1. The molecule has 10 nitrogen and oxygen atoms in total. The number of hydrogen-bond donors (Lipinski definition) is 1. The van der Waals surface area contributed by atoms with Crippen molar-refractivity contribution in [2.75, 3.05) is 19.9 Å². The Kier molecular flexibility index (Phi) is 6.62. The molecule has 12 heteroatoms. The molecule has 1 fully saturated rings. The van der Waals surface area contributed by atoms with E-state index in [1.54, 1.807) is 49.7 Å². The predicted octanol–water partition coefficient (Wildman–Crippen LogP) is 3.05. The molecule has 0 bridgehead atoms. The minimum Gasteiger partial charge on any atom is -0.377 e. The van der Waals surface area contributed by atoms with E-state index in [1.165, 1.54) is 17.2 Å². The fourth-order valence-electron chi connectivity index (χ4n) is 5.18. The third kappa shape index (κ3) is 4.42. The number of fused-ring (bicyclic) bond motifs is 3. The second-order valence-corrected chi connectivity index (χ2v) is 12.9. The minimum absolute atomic E-state index is 0.0911. The summed E-state index contributed by atoms with van der Waals surface area (Å²) >= 11 is 0. The van der Waals surface area contributed by atoms with E-state index in [0.717, 1.165) is 37.0 Å². The highest BCUT2D eigenvalue weighted by atomic mass is 32.2. The lowest BCUT2D eigenvalue weighted by atomic mass is 9.87. The first kappa shape index (κ1) is 24.9. The first-order chi connectivity index (χ1) is 17.2. The number of nitrogens with zero attached hydrogens (tertiary/aromatic N) is 4. The largest absolute Gasteiger partial charge is 0.377 e. The average Bonchev–Trinajstić information content (AvgIpc) is 3.47. The van der Waals surface area contributed by atoms with Crippen LogP contribution in [0.3, 0.4) is 0 Å². The van der Waals surface area contributed by atoms with Crippen molar-refractivity contribution in [3.05, 3.63) is 54.6 Å². The third-order valence-corrected chi connectivity index (χ3v) is 10.1. The van der Waals surface area contributed by atoms with Crippen molar-refractivity contribution in [2.45, 2.75) is 43.2 Å². The predicted molar refractivity (Wildman–Crippen MR) is 137 cm³/mol. The number of methoxy groups -OCH3 is 1. The topological polar surface area (TPSA) is 125 Å². The average molecular weight is 532 g/mol. The number of sulfonamides is 1. The van der Waals surface area contributed by atoms with Crippen molar-refractivity contribution in [1.29, 1.82) is 0 Å². The Balaban J connectivity index is 1.57. The van der Waals surface area contributed by atoms with E-state index in [4.69, 9.17) is 9.72 Å². The molecule has 1 aromatic carbocycles. The van der Waals surface area contributed by atoms with Gasteiger partial charge in [-0.3, -0.25) is 0 Å². The zero-order valence-electron chi connectivity index (χ0n) is 20.2. The molecule has 4 aromatic rings. The van der Waals surface area contributed by atoms with Crippen LogP contribution in [0.2, 0.25) is 0 Å². The van der Waals surface area contributed by atoms with Gasteiger partial charge in [0.1, 0.15) is 17.9 Å². The van der Waals surface area contributed by atoms with E-state index < -0.39 is 20.0 Å². The van der Waals surface area contributed by atoms with Gasteiger partial charge in [0.2, 0.25) is 10.0 Å². The lowest BCUT2D eigenvalue weighted by Crippen LogP contribution is -2.29. The molecular formula is C24H29N5O5S2. The van der Waals surface area contributed by atoms with Gasteiger partial charge in [0.25, 0.3) is 10.0 Å². The molecule has 5 rings (SSSR count). The van der Waals surface area contributed by atoms with Gasteiger partial charge in [-0.05, 0) is 56.8 Å². The fraction of sp³-hybridized carbons (Fsp3) is 0.417. The van der Waals surface area contributed by atoms with E-state index in [0.29, 0.717) is 23.2 Å². The van der Waals surface area contributed by atoms with E-state index in [1.807, 2.05) is 0 Å². The number of rotatable bonds is 8. The van der Waals surface area contributed by atoms with Gasteiger partial charge in [-0.25, -0.2) is 35.5 Å². The summed E-state index contributed by atoms with van der Waals surface area (Å²) in [6, 6.07) is 10.1. The molecule has 0 atom stereocenters. The van der Waals surface area contributed by atoms with Gasteiger partial charge < -0.3 is 9.30 Å². The molecule has 0 aliphatic heterocycles. The molecule has 3 heterocycles. The molecule has 0 radical (unpaired) electrons. The number of imidazole rings is 1. The summed E-state index contributed by atoms with van der Waals surface area (Å²) < 4.78 is 61.9. The lowest BCUT2D eigenvalue weighted by Gasteiger charge is -2.30. The molecule has 192 valence electrons. The molecule has 1 N–H and O–H groups in total. The Morgan fingerprint density at radius 2 is 1.78 bits per heavy atom. The van der Waals surface area contributed by atoms with Gasteiger partial charge >= 0.3 is 0 Å². The minimum atomic E-state index is -3.82. The Labute approximate surface area is 210 Å². The van der Waals surface area contributed by atoms with Crippen molar-refractivity contribution in [3.8, 4) is 0 Å². The molecule has 0 amide bonds. The summed E-state index contributed by atoms with van der Waals surface area (Å²) in [6.45, 7) is 0.299. The third-order valence-electron chi connectivity index (χ3n) is 6.92. The van der Waals surface area contributed by atoms with E-state index >= 15 is 0 Å². The standard InChI is InChI=1S/C24H29N5O5S2/c1-25-35(30,31)16-17-8-10-18(11-9-17)29-22(15-34-2)27-21-14-26-24-20(23(21)29)12-13-28(24)36(32,33)19-6-4-3-5-7-19/h3-7,12-14,17-18,25H,8-11,15-16H2,1-2H3/t17-,18-. The van der Waals surface area contributed by atoms with E-state index in [9.17, 15) is 16.8 Å². The highest BCUT2D eigenvalue weighted by molar-refractivity contribution is 7.90. The van der Waals surface area contributed by atoms with Crippen molar-refractivity contribution in [2.24, 2.45) is 5.92 Å². The molecule has 1 saturated carbocycles. The van der Waals surface area contributed by atoms with Crippen LogP contribution < -0.4 is 4.72 Å². The molecule has 36 heavy (non-hydrogen) atoms. The molecule has 0 spiro atoms. The van der Waals surface area contributed by atoms with Crippen molar-refractivity contribution < 1.29 is 21.6 Å². The van der Waals surface area contributed by atoms with E-state index in [2.05, 4.69) is 14.3 Å². The van der Waals surface area contributed by atoms with Crippen LogP contribution in [0.5, 0.6) is 0 Å². The Bertz CT molecular complexity index is 1600. The Morgan fingerprint density at radius 3 is 2.44 bits per heavy atom. The highest BCUT2D eigenvalue weighted by Crippen LogP contribution is 2.38. The van der Waals surface area contributed by atoms with Crippen LogP contribution >= 0.6 is 0 Å². The maximum atomic E-state index is 13.3. The van der Waals surface area contributed by atoms with Gasteiger partial charge in [-0.2, -0.15) is 0 Å². The van der Waals surface area contributed by atoms with Gasteiger partial charge in [0.05, 0.1) is 22.4 Å². The first-order valence-corrected chi connectivity index (χ1v) is 14.9. The normalized spacial score (nSPS) is 19.3. The van der Waals surface area contributed by atoms with Gasteiger partial charge in [-0.15, -0.1) is 0 Å². The maximum Gasteiger partial charge on any atom is 0.269 e. The quantitative estimate of drug-likeness (QED) is 0.370. The molecule has 1 aliphatic carbocycles. The zero-order valence-corrected chi connectivity index (χ0v) is 21.8.